The van der Waals surface area contributed by atoms with Gasteiger partial charge in [0.05, 0.1) is 15.3 Å². The molecule has 0 unspecified atom stereocenters. The number of aryl methyl sites for hydroxylation is 1. The van der Waals surface area contributed by atoms with Gasteiger partial charge in [-0.3, -0.25) is 4.79 Å². The number of sulfonamides is 1. The normalized spacial score (nSPS) is 15.4. The lowest BCUT2D eigenvalue weighted by molar-refractivity contribution is 0.0702. The van der Waals surface area contributed by atoms with Gasteiger partial charge in [0.1, 0.15) is 6.07 Å². The Kier molecular flexibility index (Phi) is 5.13. The predicted octanol–water partition coefficient (Wildman–Crippen LogP) is 3.23. The molecular formula is C21H19N3O3S2. The number of carbonyl (C=O) groups is 1. The van der Waals surface area contributed by atoms with Crippen molar-refractivity contribution in [2.75, 3.05) is 26.2 Å². The lowest BCUT2D eigenvalue weighted by Crippen LogP contribution is -2.50. The summed E-state index contributed by atoms with van der Waals surface area (Å²) in [6.45, 7) is 3.00. The Bertz CT molecular complexity index is 1230. The second-order valence-corrected chi connectivity index (χ2v) is 9.82. The van der Waals surface area contributed by atoms with Gasteiger partial charge in [-0.1, -0.05) is 30.3 Å². The van der Waals surface area contributed by atoms with Crippen LogP contribution in [0.5, 0.6) is 0 Å². The maximum Gasteiger partial charge on any atom is 0.264 e. The average molecular weight is 426 g/mol. The minimum atomic E-state index is -3.77. The van der Waals surface area contributed by atoms with E-state index < -0.39 is 10.0 Å². The van der Waals surface area contributed by atoms with Gasteiger partial charge in [-0.2, -0.15) is 9.57 Å². The SMILES string of the molecule is Cc1c(C(=O)N2CCN(S(=O)(=O)c3ccccc3C#N)CC2)sc2ccccc12. The Morgan fingerprint density at radius 3 is 2.38 bits per heavy atom. The van der Waals surface area contributed by atoms with E-state index in [1.54, 1.807) is 17.0 Å². The van der Waals surface area contributed by atoms with Crippen molar-refractivity contribution in [3.05, 3.63) is 64.5 Å². The Morgan fingerprint density at radius 1 is 1.03 bits per heavy atom. The summed E-state index contributed by atoms with van der Waals surface area (Å²) in [7, 11) is -3.77. The smallest absolute Gasteiger partial charge is 0.264 e. The molecule has 1 aliphatic heterocycles. The number of benzene rings is 2. The van der Waals surface area contributed by atoms with E-state index in [-0.39, 0.29) is 29.5 Å². The van der Waals surface area contributed by atoms with Crippen LogP contribution in [0.15, 0.2) is 53.4 Å². The molecule has 1 aromatic heterocycles. The van der Waals surface area contributed by atoms with Gasteiger partial charge >= 0.3 is 0 Å². The van der Waals surface area contributed by atoms with E-state index in [9.17, 15) is 18.5 Å². The second kappa shape index (κ2) is 7.59. The van der Waals surface area contributed by atoms with E-state index >= 15 is 0 Å². The lowest BCUT2D eigenvalue weighted by Gasteiger charge is -2.34. The topological polar surface area (TPSA) is 81.5 Å². The largest absolute Gasteiger partial charge is 0.335 e. The summed E-state index contributed by atoms with van der Waals surface area (Å²) in [4.78, 5) is 15.5. The molecule has 1 saturated heterocycles. The van der Waals surface area contributed by atoms with Crippen LogP contribution in [0.1, 0.15) is 20.8 Å². The summed E-state index contributed by atoms with van der Waals surface area (Å²) >= 11 is 1.47. The standard InChI is InChI=1S/C21H19N3O3S2/c1-15-17-7-3-4-8-18(17)28-20(15)21(25)23-10-12-24(13-11-23)29(26,27)19-9-5-2-6-16(19)14-22/h2-9H,10-13H2,1H3. The number of rotatable bonds is 3. The molecule has 4 rings (SSSR count). The molecule has 0 atom stereocenters. The first-order chi connectivity index (χ1) is 13.9. The van der Waals surface area contributed by atoms with Gasteiger partial charge in [0.2, 0.25) is 10.0 Å². The van der Waals surface area contributed by atoms with Gasteiger partial charge in [-0.25, -0.2) is 8.42 Å². The molecule has 1 aliphatic rings. The highest BCUT2D eigenvalue weighted by Crippen LogP contribution is 2.32. The minimum absolute atomic E-state index is 0.0163. The molecule has 0 saturated carbocycles. The van der Waals surface area contributed by atoms with Crippen LogP contribution < -0.4 is 0 Å². The fraction of sp³-hybridized carbons (Fsp3) is 0.238. The molecule has 2 heterocycles. The van der Waals surface area contributed by atoms with E-state index in [4.69, 9.17) is 0 Å². The van der Waals surface area contributed by atoms with Crippen molar-refractivity contribution < 1.29 is 13.2 Å². The number of carbonyl (C=O) groups excluding carboxylic acids is 1. The first-order valence-electron chi connectivity index (χ1n) is 9.20. The van der Waals surface area contributed by atoms with Crippen molar-refractivity contribution in [3.63, 3.8) is 0 Å². The zero-order valence-electron chi connectivity index (χ0n) is 15.8. The van der Waals surface area contributed by atoms with Crippen LogP contribution in [0.3, 0.4) is 0 Å². The Balaban J connectivity index is 1.52. The average Bonchev–Trinajstić information content (AvgIpc) is 3.10. The summed E-state index contributed by atoms with van der Waals surface area (Å²) < 4.78 is 28.3. The third-order valence-corrected chi connectivity index (χ3v) is 8.41. The molecule has 6 nitrogen and oxygen atoms in total. The number of hydrogen-bond acceptors (Lipinski definition) is 5. The Hall–Kier alpha value is -2.73. The Morgan fingerprint density at radius 2 is 1.69 bits per heavy atom. The molecule has 3 aromatic rings. The highest BCUT2D eigenvalue weighted by atomic mass is 32.2. The summed E-state index contributed by atoms with van der Waals surface area (Å²) in [5.41, 5.74) is 1.10. The molecule has 0 spiro atoms. The van der Waals surface area contributed by atoms with Crippen molar-refractivity contribution in [2.45, 2.75) is 11.8 Å². The van der Waals surface area contributed by atoms with E-state index in [1.807, 2.05) is 37.3 Å². The van der Waals surface area contributed by atoms with Gasteiger partial charge < -0.3 is 4.90 Å². The molecule has 0 bridgehead atoms. The quantitative estimate of drug-likeness (QED) is 0.645. The maximum atomic E-state index is 13.0. The van der Waals surface area contributed by atoms with E-state index in [0.29, 0.717) is 18.0 Å². The number of fused-ring (bicyclic) bond motifs is 1. The summed E-state index contributed by atoms with van der Waals surface area (Å²) in [5, 5.41) is 10.3. The van der Waals surface area contributed by atoms with Crippen molar-refractivity contribution in [3.8, 4) is 6.07 Å². The second-order valence-electron chi connectivity index (χ2n) is 6.86. The van der Waals surface area contributed by atoms with Gasteiger partial charge in [-0.15, -0.1) is 11.3 Å². The van der Waals surface area contributed by atoms with Crippen LogP contribution in [0, 0.1) is 18.3 Å². The first-order valence-corrected chi connectivity index (χ1v) is 11.5. The molecule has 0 aliphatic carbocycles. The number of amides is 1. The Labute approximate surface area is 173 Å². The lowest BCUT2D eigenvalue weighted by atomic mass is 10.1. The summed E-state index contributed by atoms with van der Waals surface area (Å²) in [6.07, 6.45) is 0. The monoisotopic (exact) mass is 425 g/mol. The number of nitrogens with zero attached hydrogens (tertiary/aromatic N) is 3. The molecular weight excluding hydrogens is 406 g/mol. The fourth-order valence-corrected chi connectivity index (χ4v) is 6.32. The van der Waals surface area contributed by atoms with Gasteiger partial charge in [0.25, 0.3) is 5.91 Å². The van der Waals surface area contributed by atoms with Gasteiger partial charge in [0, 0.05) is 30.9 Å². The summed E-state index contributed by atoms with van der Waals surface area (Å²) in [6, 6.07) is 16.1. The van der Waals surface area contributed by atoms with Crippen LogP contribution in [0.4, 0.5) is 0 Å². The zero-order chi connectivity index (χ0) is 20.6. The number of nitriles is 1. The molecule has 29 heavy (non-hydrogen) atoms. The minimum Gasteiger partial charge on any atom is -0.335 e. The first kappa shape index (κ1) is 19.6. The third-order valence-electron chi connectivity index (χ3n) is 5.19. The van der Waals surface area contributed by atoms with Crippen LogP contribution in [0.25, 0.3) is 10.1 Å². The predicted molar refractivity (Wildman–Crippen MR) is 112 cm³/mol. The van der Waals surface area contributed by atoms with Crippen molar-refractivity contribution >= 4 is 37.4 Å². The summed E-state index contributed by atoms with van der Waals surface area (Å²) in [5.74, 6) is -0.0572. The van der Waals surface area contributed by atoms with E-state index in [2.05, 4.69) is 0 Å². The third kappa shape index (κ3) is 3.42. The van der Waals surface area contributed by atoms with Crippen molar-refractivity contribution in [1.82, 2.24) is 9.21 Å². The molecule has 0 N–H and O–H groups in total. The number of piperazine rings is 1. The molecule has 1 fully saturated rings. The van der Waals surface area contributed by atoms with Crippen molar-refractivity contribution in [2.24, 2.45) is 0 Å². The highest BCUT2D eigenvalue weighted by Gasteiger charge is 2.32. The number of hydrogen-bond donors (Lipinski definition) is 0. The molecule has 8 heteroatoms. The molecule has 1 amide bonds. The van der Waals surface area contributed by atoms with Crippen LogP contribution in [-0.4, -0.2) is 49.7 Å². The fourth-order valence-electron chi connectivity index (χ4n) is 3.58. The van der Waals surface area contributed by atoms with Crippen LogP contribution in [0.2, 0.25) is 0 Å². The molecule has 148 valence electrons. The highest BCUT2D eigenvalue weighted by molar-refractivity contribution is 7.89. The van der Waals surface area contributed by atoms with Crippen LogP contribution in [-0.2, 0) is 10.0 Å². The van der Waals surface area contributed by atoms with E-state index in [1.165, 1.54) is 27.8 Å². The van der Waals surface area contributed by atoms with Gasteiger partial charge in [-0.05, 0) is 36.1 Å². The van der Waals surface area contributed by atoms with Crippen LogP contribution >= 0.6 is 11.3 Å². The zero-order valence-corrected chi connectivity index (χ0v) is 17.5. The van der Waals surface area contributed by atoms with Gasteiger partial charge in [0.15, 0.2) is 0 Å². The maximum absolute atomic E-state index is 13.0. The molecule has 0 radical (unpaired) electrons. The molecule has 2 aromatic carbocycles. The van der Waals surface area contributed by atoms with Crippen molar-refractivity contribution in [1.29, 1.82) is 5.26 Å². The number of thiophene rings is 1. The van der Waals surface area contributed by atoms with E-state index in [0.717, 1.165) is 15.6 Å².